The average molecular weight is 351 g/mol. The summed E-state index contributed by atoms with van der Waals surface area (Å²) >= 11 is 0. The van der Waals surface area contributed by atoms with E-state index in [1.807, 2.05) is 0 Å². The van der Waals surface area contributed by atoms with Crippen LogP contribution in [-0.4, -0.2) is 51.4 Å². The molecule has 2 heterocycles. The fraction of sp³-hybridized carbons (Fsp3) is 0.588. The third-order valence-corrected chi connectivity index (χ3v) is 6.39. The molecule has 3 rings (SSSR count). The van der Waals surface area contributed by atoms with Gasteiger partial charge in [-0.25, -0.2) is 13.1 Å². The van der Waals surface area contributed by atoms with Gasteiger partial charge in [-0.3, -0.25) is 9.69 Å². The Kier molecular flexibility index (Phi) is 5.22. The lowest BCUT2D eigenvalue weighted by atomic mass is 10.2. The number of amides is 1. The molecule has 1 aromatic carbocycles. The summed E-state index contributed by atoms with van der Waals surface area (Å²) in [5.74, 6) is 0.102. The topological polar surface area (TPSA) is 69.7 Å². The Morgan fingerprint density at radius 1 is 1.17 bits per heavy atom. The number of likely N-dealkylation sites (N-methyl/N-ethyl adjacent to an activating group) is 1. The highest BCUT2D eigenvalue weighted by Crippen LogP contribution is 2.23. The van der Waals surface area contributed by atoms with Gasteiger partial charge >= 0.3 is 0 Å². The van der Waals surface area contributed by atoms with E-state index in [4.69, 9.17) is 0 Å². The van der Waals surface area contributed by atoms with Gasteiger partial charge in [-0.15, -0.1) is 0 Å². The van der Waals surface area contributed by atoms with Gasteiger partial charge in [0, 0.05) is 31.2 Å². The van der Waals surface area contributed by atoms with Gasteiger partial charge in [0.2, 0.25) is 15.9 Å². The smallest absolute Gasteiger partial charge is 0.240 e. The zero-order chi connectivity index (χ0) is 17.2. The summed E-state index contributed by atoms with van der Waals surface area (Å²) in [7, 11) is -3.51. The van der Waals surface area contributed by atoms with Gasteiger partial charge in [0.15, 0.2) is 0 Å². The second kappa shape index (κ2) is 7.21. The SMILES string of the molecule is CCN1CCC[C@H]1CNS(=O)(=O)c1ccc(N2CCCC2=O)cc1. The zero-order valence-corrected chi connectivity index (χ0v) is 14.9. The molecular weight excluding hydrogens is 326 g/mol. The van der Waals surface area contributed by atoms with E-state index >= 15 is 0 Å². The van der Waals surface area contributed by atoms with Crippen LogP contribution in [0.25, 0.3) is 0 Å². The van der Waals surface area contributed by atoms with E-state index in [1.54, 1.807) is 29.2 Å². The summed E-state index contributed by atoms with van der Waals surface area (Å²) in [5.41, 5.74) is 0.768. The predicted molar refractivity (Wildman–Crippen MR) is 93.5 cm³/mol. The largest absolute Gasteiger partial charge is 0.312 e. The van der Waals surface area contributed by atoms with Crippen molar-refractivity contribution in [3.63, 3.8) is 0 Å². The molecule has 0 spiro atoms. The lowest BCUT2D eigenvalue weighted by Gasteiger charge is -2.23. The molecule has 2 aliphatic rings. The second-order valence-electron chi connectivity index (χ2n) is 6.42. The van der Waals surface area contributed by atoms with Gasteiger partial charge < -0.3 is 4.90 Å². The fourth-order valence-electron chi connectivity index (χ4n) is 3.56. The van der Waals surface area contributed by atoms with E-state index in [-0.39, 0.29) is 16.8 Å². The lowest BCUT2D eigenvalue weighted by Crippen LogP contribution is -2.40. The van der Waals surface area contributed by atoms with E-state index in [2.05, 4.69) is 16.5 Å². The van der Waals surface area contributed by atoms with Crippen LogP contribution in [0.15, 0.2) is 29.2 Å². The molecule has 1 N–H and O–H groups in total. The van der Waals surface area contributed by atoms with Crippen LogP contribution < -0.4 is 9.62 Å². The Balaban J connectivity index is 1.65. The summed E-state index contributed by atoms with van der Waals surface area (Å²) in [4.78, 5) is 16.0. The number of sulfonamides is 1. The van der Waals surface area contributed by atoms with Crippen molar-refractivity contribution in [1.82, 2.24) is 9.62 Å². The van der Waals surface area contributed by atoms with Crippen LogP contribution in [0.1, 0.15) is 32.6 Å². The van der Waals surface area contributed by atoms with Gasteiger partial charge in [-0.2, -0.15) is 0 Å². The number of benzene rings is 1. The molecule has 2 aliphatic heterocycles. The molecule has 1 aromatic rings. The van der Waals surface area contributed by atoms with Crippen molar-refractivity contribution in [2.24, 2.45) is 0 Å². The lowest BCUT2D eigenvalue weighted by molar-refractivity contribution is -0.117. The van der Waals surface area contributed by atoms with Crippen molar-refractivity contribution >= 4 is 21.6 Å². The van der Waals surface area contributed by atoms with Crippen molar-refractivity contribution in [2.75, 3.05) is 31.1 Å². The Morgan fingerprint density at radius 3 is 2.54 bits per heavy atom. The molecule has 0 radical (unpaired) electrons. The zero-order valence-electron chi connectivity index (χ0n) is 14.1. The highest BCUT2D eigenvalue weighted by molar-refractivity contribution is 7.89. The molecule has 0 bridgehead atoms. The standard InChI is InChI=1S/C17H25N3O3S/c1-2-19-11-3-5-15(19)13-18-24(22,23)16-9-7-14(8-10-16)20-12-4-6-17(20)21/h7-10,15,18H,2-6,11-13H2,1H3/t15-/m0/s1. The normalized spacial score (nSPS) is 22.5. The minimum Gasteiger partial charge on any atom is -0.312 e. The number of hydrogen-bond acceptors (Lipinski definition) is 4. The Labute approximate surface area is 143 Å². The molecule has 2 fully saturated rings. The van der Waals surface area contributed by atoms with Gasteiger partial charge in [-0.05, 0) is 56.6 Å². The Bertz CT molecular complexity index is 688. The first-order valence-electron chi connectivity index (χ1n) is 8.65. The molecule has 132 valence electrons. The number of nitrogens with one attached hydrogen (secondary N) is 1. The van der Waals surface area contributed by atoms with Gasteiger partial charge in [-0.1, -0.05) is 6.92 Å². The van der Waals surface area contributed by atoms with Crippen LogP contribution in [-0.2, 0) is 14.8 Å². The quantitative estimate of drug-likeness (QED) is 0.845. The maximum absolute atomic E-state index is 12.5. The maximum Gasteiger partial charge on any atom is 0.240 e. The van der Waals surface area contributed by atoms with Crippen LogP contribution in [0.4, 0.5) is 5.69 Å². The maximum atomic E-state index is 12.5. The highest BCUT2D eigenvalue weighted by Gasteiger charge is 2.26. The summed E-state index contributed by atoms with van der Waals surface area (Å²) in [6.07, 6.45) is 3.58. The van der Waals surface area contributed by atoms with Crippen molar-refractivity contribution < 1.29 is 13.2 Å². The van der Waals surface area contributed by atoms with Crippen LogP contribution >= 0.6 is 0 Å². The minimum absolute atomic E-state index is 0.102. The first-order valence-corrected chi connectivity index (χ1v) is 10.1. The molecule has 24 heavy (non-hydrogen) atoms. The van der Waals surface area contributed by atoms with E-state index in [1.165, 1.54) is 0 Å². The molecule has 0 unspecified atom stereocenters. The number of carbonyl (C=O) groups is 1. The molecule has 1 atom stereocenters. The monoisotopic (exact) mass is 351 g/mol. The number of nitrogens with zero attached hydrogens (tertiary/aromatic N) is 2. The van der Waals surface area contributed by atoms with Crippen LogP contribution in [0.2, 0.25) is 0 Å². The number of carbonyl (C=O) groups excluding carboxylic acids is 1. The van der Waals surface area contributed by atoms with E-state index in [0.29, 0.717) is 19.5 Å². The molecule has 7 heteroatoms. The molecule has 2 saturated heterocycles. The summed E-state index contributed by atoms with van der Waals surface area (Å²) in [5, 5.41) is 0. The van der Waals surface area contributed by atoms with Crippen molar-refractivity contribution in [3.8, 4) is 0 Å². The van der Waals surface area contributed by atoms with E-state index in [0.717, 1.165) is 38.0 Å². The van der Waals surface area contributed by atoms with Gasteiger partial charge in [0.25, 0.3) is 0 Å². The molecule has 0 saturated carbocycles. The molecule has 1 amide bonds. The first kappa shape index (κ1) is 17.4. The number of hydrogen-bond donors (Lipinski definition) is 1. The molecular formula is C17H25N3O3S. The van der Waals surface area contributed by atoms with E-state index in [9.17, 15) is 13.2 Å². The van der Waals surface area contributed by atoms with Gasteiger partial charge in [0.1, 0.15) is 0 Å². The Morgan fingerprint density at radius 2 is 1.92 bits per heavy atom. The Hall–Kier alpha value is -1.44. The fourth-order valence-corrected chi connectivity index (χ4v) is 4.63. The number of rotatable bonds is 6. The molecule has 6 nitrogen and oxygen atoms in total. The summed E-state index contributed by atoms with van der Waals surface area (Å²) in [6.45, 7) is 5.25. The number of likely N-dealkylation sites (tertiary alicyclic amines) is 1. The van der Waals surface area contributed by atoms with Crippen molar-refractivity contribution in [2.45, 2.75) is 43.5 Å². The van der Waals surface area contributed by atoms with Crippen molar-refractivity contribution in [1.29, 1.82) is 0 Å². The molecule has 0 aromatic heterocycles. The summed E-state index contributed by atoms with van der Waals surface area (Å²) < 4.78 is 27.7. The van der Waals surface area contributed by atoms with Gasteiger partial charge in [0.05, 0.1) is 4.90 Å². The first-order chi connectivity index (χ1) is 11.5. The second-order valence-corrected chi connectivity index (χ2v) is 8.19. The predicted octanol–water partition coefficient (Wildman–Crippen LogP) is 1.58. The van der Waals surface area contributed by atoms with Crippen LogP contribution in [0.3, 0.4) is 0 Å². The van der Waals surface area contributed by atoms with Crippen LogP contribution in [0, 0.1) is 0 Å². The molecule has 0 aliphatic carbocycles. The van der Waals surface area contributed by atoms with Crippen LogP contribution in [0.5, 0.6) is 0 Å². The third kappa shape index (κ3) is 3.63. The third-order valence-electron chi connectivity index (χ3n) is 4.95. The van der Waals surface area contributed by atoms with E-state index < -0.39 is 10.0 Å². The minimum atomic E-state index is -3.51. The van der Waals surface area contributed by atoms with Crippen molar-refractivity contribution in [3.05, 3.63) is 24.3 Å². The number of anilines is 1. The average Bonchev–Trinajstić information content (AvgIpc) is 3.21. The summed E-state index contributed by atoms with van der Waals surface area (Å²) in [6, 6.07) is 6.87. The highest BCUT2D eigenvalue weighted by atomic mass is 32.2.